The minimum Gasteiger partial charge on any atom is -0.346 e. The molecule has 23 heavy (non-hydrogen) atoms. The van der Waals surface area contributed by atoms with Crippen LogP contribution in [0.5, 0.6) is 0 Å². The Morgan fingerprint density at radius 3 is 2.83 bits per heavy atom. The number of H-pyrrole nitrogens is 1. The minimum atomic E-state index is 0.0591. The van der Waals surface area contributed by atoms with Gasteiger partial charge in [-0.15, -0.1) is 0 Å². The van der Waals surface area contributed by atoms with Gasteiger partial charge in [0.2, 0.25) is 5.91 Å². The number of pyridine rings is 1. The number of hydrogen-bond acceptors (Lipinski definition) is 3. The van der Waals surface area contributed by atoms with Crippen LogP contribution in [0.15, 0.2) is 24.5 Å². The van der Waals surface area contributed by atoms with Crippen molar-refractivity contribution in [3.05, 3.63) is 30.1 Å². The summed E-state index contributed by atoms with van der Waals surface area (Å²) < 4.78 is 0. The van der Waals surface area contributed by atoms with Crippen molar-refractivity contribution < 1.29 is 4.79 Å². The van der Waals surface area contributed by atoms with Gasteiger partial charge in [-0.3, -0.25) is 4.79 Å². The van der Waals surface area contributed by atoms with Crippen molar-refractivity contribution >= 4 is 16.9 Å². The van der Waals surface area contributed by atoms with E-state index in [2.05, 4.69) is 22.2 Å². The molecule has 3 N–H and O–H groups in total. The maximum Gasteiger partial charge on any atom is 0.227 e. The van der Waals surface area contributed by atoms with Crippen molar-refractivity contribution in [3.63, 3.8) is 0 Å². The Balaban J connectivity index is 1.44. The van der Waals surface area contributed by atoms with Crippen LogP contribution in [-0.2, 0) is 4.79 Å². The topological polar surface area (TPSA) is 75.0 Å². The fraction of sp³-hybridized carbons (Fsp3) is 0.556. The average molecular weight is 312 g/mol. The van der Waals surface area contributed by atoms with Gasteiger partial charge in [-0.1, -0.05) is 6.42 Å². The van der Waals surface area contributed by atoms with Crippen LogP contribution in [-0.4, -0.2) is 39.9 Å². The Kier molecular flexibility index (Phi) is 3.81. The summed E-state index contributed by atoms with van der Waals surface area (Å²) in [7, 11) is 0. The molecule has 0 unspecified atom stereocenters. The smallest absolute Gasteiger partial charge is 0.227 e. The first kappa shape index (κ1) is 14.7. The number of carbonyl (C=O) groups is 1. The number of nitrogens with two attached hydrogens (primary N) is 1. The molecule has 0 aromatic carbocycles. The van der Waals surface area contributed by atoms with E-state index in [9.17, 15) is 4.79 Å². The molecular formula is C18H24N4O. The lowest BCUT2D eigenvalue weighted by Crippen LogP contribution is -2.45. The van der Waals surface area contributed by atoms with Gasteiger partial charge in [-0.25, -0.2) is 4.98 Å². The zero-order valence-electron chi connectivity index (χ0n) is 13.4. The lowest BCUT2D eigenvalue weighted by atomic mass is 9.88. The van der Waals surface area contributed by atoms with Gasteiger partial charge in [0.15, 0.2) is 0 Å². The molecule has 3 heterocycles. The van der Waals surface area contributed by atoms with Crippen molar-refractivity contribution in [2.24, 2.45) is 11.7 Å². The summed E-state index contributed by atoms with van der Waals surface area (Å²) in [4.78, 5) is 22.3. The number of nitrogens with one attached hydrogen (secondary N) is 1. The Morgan fingerprint density at radius 1 is 1.26 bits per heavy atom. The summed E-state index contributed by atoms with van der Waals surface area (Å²) in [5, 5.41) is 1.22. The number of hydrogen-bond donors (Lipinski definition) is 2. The maximum absolute atomic E-state index is 12.6. The van der Waals surface area contributed by atoms with E-state index >= 15 is 0 Å². The van der Waals surface area contributed by atoms with E-state index in [0.717, 1.165) is 50.8 Å². The molecule has 0 radical (unpaired) electrons. The zero-order chi connectivity index (χ0) is 15.8. The molecule has 2 atom stereocenters. The number of aromatic nitrogens is 2. The lowest BCUT2D eigenvalue weighted by Gasteiger charge is -2.34. The molecule has 0 spiro atoms. The summed E-state index contributed by atoms with van der Waals surface area (Å²) in [6.07, 6.45) is 9.01. The second kappa shape index (κ2) is 5.96. The molecule has 1 amide bonds. The standard InChI is InChI=1S/C18H24N4O/c19-16-5-1-3-14(16)18(23)22-9-6-12(7-10-22)15-11-21-17-13(15)4-2-8-20-17/h2,4,8,11-12,14,16H,1,3,5-7,9-10,19H2,(H,20,21)/t14-,16+/m0/s1. The first-order chi connectivity index (χ1) is 11.2. The normalized spacial score (nSPS) is 26.0. The van der Waals surface area contributed by atoms with Gasteiger partial charge in [0.05, 0.1) is 5.92 Å². The summed E-state index contributed by atoms with van der Waals surface area (Å²) in [5.41, 5.74) is 8.40. The largest absolute Gasteiger partial charge is 0.346 e. The Morgan fingerprint density at radius 2 is 2.09 bits per heavy atom. The van der Waals surface area contributed by atoms with Gasteiger partial charge in [-0.05, 0) is 49.3 Å². The molecule has 4 rings (SSSR count). The Bertz CT molecular complexity index is 702. The van der Waals surface area contributed by atoms with Gasteiger partial charge in [0.1, 0.15) is 5.65 Å². The molecular weight excluding hydrogens is 288 g/mol. The van der Waals surface area contributed by atoms with Crippen LogP contribution in [0.1, 0.15) is 43.6 Å². The van der Waals surface area contributed by atoms with Crippen LogP contribution < -0.4 is 5.73 Å². The molecule has 5 heteroatoms. The number of fused-ring (bicyclic) bond motifs is 1. The third-order valence-corrected chi connectivity index (χ3v) is 5.62. The first-order valence-electron chi connectivity index (χ1n) is 8.70. The highest BCUT2D eigenvalue weighted by Gasteiger charge is 2.35. The monoisotopic (exact) mass is 312 g/mol. The quantitative estimate of drug-likeness (QED) is 0.894. The molecule has 2 fully saturated rings. The lowest BCUT2D eigenvalue weighted by molar-refractivity contribution is -0.136. The van der Waals surface area contributed by atoms with E-state index in [0.29, 0.717) is 5.92 Å². The van der Waals surface area contributed by atoms with E-state index in [1.165, 1.54) is 10.9 Å². The summed E-state index contributed by atoms with van der Waals surface area (Å²) in [5.74, 6) is 0.854. The van der Waals surface area contributed by atoms with E-state index in [1.54, 1.807) is 0 Å². The molecule has 1 saturated heterocycles. The molecule has 2 aliphatic rings. The third-order valence-electron chi connectivity index (χ3n) is 5.62. The average Bonchev–Trinajstić information content (AvgIpc) is 3.20. The van der Waals surface area contributed by atoms with Crippen molar-refractivity contribution in [2.45, 2.75) is 44.1 Å². The van der Waals surface area contributed by atoms with Gasteiger partial charge in [0.25, 0.3) is 0 Å². The number of rotatable bonds is 2. The van der Waals surface area contributed by atoms with Crippen LogP contribution in [0.25, 0.3) is 11.0 Å². The van der Waals surface area contributed by atoms with Crippen molar-refractivity contribution in [2.75, 3.05) is 13.1 Å². The van der Waals surface area contributed by atoms with Crippen molar-refractivity contribution in [1.29, 1.82) is 0 Å². The van der Waals surface area contributed by atoms with Gasteiger partial charge >= 0.3 is 0 Å². The van der Waals surface area contributed by atoms with E-state index < -0.39 is 0 Å². The summed E-state index contributed by atoms with van der Waals surface area (Å²) in [6, 6.07) is 4.18. The maximum atomic E-state index is 12.6. The zero-order valence-corrected chi connectivity index (χ0v) is 13.4. The highest BCUT2D eigenvalue weighted by molar-refractivity contribution is 5.81. The highest BCUT2D eigenvalue weighted by atomic mass is 16.2. The predicted octanol–water partition coefficient (Wildman–Crippen LogP) is 2.40. The van der Waals surface area contributed by atoms with Crippen molar-refractivity contribution in [1.82, 2.24) is 14.9 Å². The van der Waals surface area contributed by atoms with Crippen LogP contribution in [0, 0.1) is 5.92 Å². The number of piperidine rings is 1. The molecule has 2 aromatic heterocycles. The van der Waals surface area contributed by atoms with E-state index in [-0.39, 0.29) is 17.9 Å². The number of nitrogens with zero attached hydrogens (tertiary/aromatic N) is 2. The Labute approximate surface area is 136 Å². The van der Waals surface area contributed by atoms with Gasteiger partial charge in [0, 0.05) is 36.9 Å². The predicted molar refractivity (Wildman–Crippen MR) is 90.0 cm³/mol. The second-order valence-electron chi connectivity index (χ2n) is 6.94. The first-order valence-corrected chi connectivity index (χ1v) is 8.70. The molecule has 2 aromatic rings. The fourth-order valence-corrected chi connectivity index (χ4v) is 4.26. The fourth-order valence-electron chi connectivity index (χ4n) is 4.26. The molecule has 1 aliphatic heterocycles. The van der Waals surface area contributed by atoms with Gasteiger partial charge in [-0.2, -0.15) is 0 Å². The Hall–Kier alpha value is -1.88. The molecule has 122 valence electrons. The molecule has 1 aliphatic carbocycles. The number of aromatic amines is 1. The molecule has 1 saturated carbocycles. The third kappa shape index (κ3) is 2.63. The van der Waals surface area contributed by atoms with Crippen LogP contribution in [0.2, 0.25) is 0 Å². The second-order valence-corrected chi connectivity index (χ2v) is 6.94. The highest BCUT2D eigenvalue weighted by Crippen LogP contribution is 2.34. The number of amides is 1. The number of likely N-dealkylation sites (tertiary alicyclic amines) is 1. The van der Waals surface area contributed by atoms with E-state index in [4.69, 9.17) is 5.73 Å². The van der Waals surface area contributed by atoms with Crippen LogP contribution in [0.3, 0.4) is 0 Å². The van der Waals surface area contributed by atoms with Crippen molar-refractivity contribution in [3.8, 4) is 0 Å². The van der Waals surface area contributed by atoms with Crippen LogP contribution in [0.4, 0.5) is 0 Å². The summed E-state index contributed by atoms with van der Waals surface area (Å²) in [6.45, 7) is 1.69. The van der Waals surface area contributed by atoms with E-state index in [1.807, 2.05) is 17.2 Å². The van der Waals surface area contributed by atoms with Gasteiger partial charge < -0.3 is 15.6 Å². The SMILES string of the molecule is N[C@@H]1CCC[C@@H]1C(=O)N1CCC(c2c[nH]c3ncccc23)CC1. The molecule has 5 nitrogen and oxygen atoms in total. The molecule has 0 bridgehead atoms. The van der Waals surface area contributed by atoms with Crippen LogP contribution >= 0.6 is 0 Å². The number of carbonyl (C=O) groups excluding carboxylic acids is 1. The summed E-state index contributed by atoms with van der Waals surface area (Å²) >= 11 is 0. The minimum absolute atomic E-state index is 0.0591.